The molecule has 0 radical (unpaired) electrons. The topological polar surface area (TPSA) is 59.8 Å². The molecule has 0 aliphatic heterocycles. The van der Waals surface area contributed by atoms with Crippen molar-refractivity contribution in [3.8, 4) is 0 Å². The molecule has 1 aromatic heterocycles. The number of hydrogen-bond donors (Lipinski definition) is 1. The van der Waals surface area contributed by atoms with Gasteiger partial charge < -0.3 is 9.88 Å². The second-order valence-electron chi connectivity index (χ2n) is 6.25. The molecule has 0 unspecified atom stereocenters. The van der Waals surface area contributed by atoms with Crippen molar-refractivity contribution in [1.82, 2.24) is 20.1 Å². The molecule has 1 N–H and O–H groups in total. The van der Waals surface area contributed by atoms with Crippen LogP contribution >= 0.6 is 58.2 Å². The molecule has 1 heterocycles. The second kappa shape index (κ2) is 9.58. The largest absolute Gasteiger partial charge is 0.342 e. The van der Waals surface area contributed by atoms with Crippen LogP contribution < -0.4 is 5.32 Å². The summed E-state index contributed by atoms with van der Waals surface area (Å²) < 4.78 is 1.84. The molecular weight excluding hydrogens is 474 g/mol. The Morgan fingerprint density at radius 1 is 1.07 bits per heavy atom. The van der Waals surface area contributed by atoms with Gasteiger partial charge in [-0.1, -0.05) is 64.2 Å². The van der Waals surface area contributed by atoms with E-state index >= 15 is 0 Å². The zero-order valence-electron chi connectivity index (χ0n) is 15.4. The highest BCUT2D eigenvalue weighted by Crippen LogP contribution is 2.28. The molecule has 0 saturated heterocycles. The maximum absolute atomic E-state index is 12.5. The van der Waals surface area contributed by atoms with Gasteiger partial charge in [0.1, 0.15) is 0 Å². The zero-order chi connectivity index (χ0) is 21.1. The molecule has 2 aromatic carbocycles. The van der Waals surface area contributed by atoms with Crippen LogP contribution in [0.2, 0.25) is 20.1 Å². The highest BCUT2D eigenvalue weighted by molar-refractivity contribution is 7.98. The number of nitrogens with one attached hydrogen (secondary N) is 1. The number of aromatic nitrogens is 3. The molecule has 1 atom stereocenters. The van der Waals surface area contributed by atoms with E-state index in [1.165, 1.54) is 17.8 Å². The maximum Gasteiger partial charge on any atom is 0.251 e. The first kappa shape index (κ1) is 22.2. The summed E-state index contributed by atoms with van der Waals surface area (Å²) in [6.07, 6.45) is 0. The molecule has 3 aromatic rings. The molecule has 29 heavy (non-hydrogen) atoms. The normalized spacial score (nSPS) is 12.1. The summed E-state index contributed by atoms with van der Waals surface area (Å²) in [5.41, 5.74) is 1.37. The molecule has 0 saturated carbocycles. The molecular formula is C19H16Cl4N4OS. The predicted molar refractivity (Wildman–Crippen MR) is 119 cm³/mol. The third kappa shape index (κ3) is 5.38. The van der Waals surface area contributed by atoms with Crippen LogP contribution in [0, 0.1) is 0 Å². The fourth-order valence-electron chi connectivity index (χ4n) is 2.59. The van der Waals surface area contributed by atoms with Gasteiger partial charge in [0.05, 0.1) is 16.1 Å². The van der Waals surface area contributed by atoms with Gasteiger partial charge in [0.25, 0.3) is 5.91 Å². The number of halogens is 4. The van der Waals surface area contributed by atoms with Gasteiger partial charge in [-0.2, -0.15) is 0 Å². The number of carbonyl (C=O) groups excluding carboxylic acids is 1. The van der Waals surface area contributed by atoms with E-state index < -0.39 is 0 Å². The van der Waals surface area contributed by atoms with Gasteiger partial charge in [-0.3, -0.25) is 4.79 Å². The SMILES string of the molecule is C[C@@H](NC(=O)c1ccc(Cl)c(Cl)c1)c1nnc(SCc2ccc(Cl)cc2Cl)n1C. The highest BCUT2D eigenvalue weighted by atomic mass is 35.5. The Morgan fingerprint density at radius 3 is 2.52 bits per heavy atom. The van der Waals surface area contributed by atoms with Crippen LogP contribution in [0.4, 0.5) is 0 Å². The highest BCUT2D eigenvalue weighted by Gasteiger charge is 2.19. The van der Waals surface area contributed by atoms with E-state index in [0.717, 1.165) is 5.56 Å². The Hall–Kier alpha value is -1.44. The number of rotatable bonds is 6. The maximum atomic E-state index is 12.5. The van der Waals surface area contributed by atoms with Crippen LogP contribution in [0.3, 0.4) is 0 Å². The van der Waals surface area contributed by atoms with Crippen molar-refractivity contribution in [2.75, 3.05) is 0 Å². The number of carbonyl (C=O) groups is 1. The Kier molecular flexibility index (Phi) is 7.35. The van der Waals surface area contributed by atoms with E-state index in [-0.39, 0.29) is 11.9 Å². The van der Waals surface area contributed by atoms with Crippen molar-refractivity contribution in [3.05, 3.63) is 73.4 Å². The summed E-state index contributed by atoms with van der Waals surface area (Å²) in [4.78, 5) is 12.5. The molecule has 5 nitrogen and oxygen atoms in total. The van der Waals surface area contributed by atoms with Crippen LogP contribution in [0.25, 0.3) is 0 Å². The molecule has 0 fully saturated rings. The first-order chi connectivity index (χ1) is 13.8. The van der Waals surface area contributed by atoms with Gasteiger partial charge in [0.2, 0.25) is 0 Å². The van der Waals surface area contributed by atoms with Gasteiger partial charge in [-0.25, -0.2) is 0 Å². The van der Waals surface area contributed by atoms with E-state index in [2.05, 4.69) is 15.5 Å². The van der Waals surface area contributed by atoms with Gasteiger partial charge >= 0.3 is 0 Å². The molecule has 3 rings (SSSR count). The van der Waals surface area contributed by atoms with Crippen LogP contribution in [0.15, 0.2) is 41.6 Å². The molecule has 0 aliphatic rings. The summed E-state index contributed by atoms with van der Waals surface area (Å²) in [6, 6.07) is 9.76. The second-order valence-corrected chi connectivity index (χ2v) is 8.85. The lowest BCUT2D eigenvalue weighted by molar-refractivity contribution is 0.0937. The van der Waals surface area contributed by atoms with Crippen molar-refractivity contribution in [2.45, 2.75) is 23.9 Å². The first-order valence-electron chi connectivity index (χ1n) is 8.48. The molecule has 1 amide bonds. The van der Waals surface area contributed by atoms with Crippen molar-refractivity contribution >= 4 is 64.1 Å². The summed E-state index contributed by atoms with van der Waals surface area (Å²) in [5.74, 6) is 0.968. The summed E-state index contributed by atoms with van der Waals surface area (Å²) in [5, 5.41) is 14.0. The quantitative estimate of drug-likeness (QED) is 0.418. The lowest BCUT2D eigenvalue weighted by Crippen LogP contribution is -2.28. The lowest BCUT2D eigenvalue weighted by Gasteiger charge is -2.14. The summed E-state index contributed by atoms with van der Waals surface area (Å²) >= 11 is 25.5. The number of benzene rings is 2. The van der Waals surface area contributed by atoms with Crippen molar-refractivity contribution in [2.24, 2.45) is 7.05 Å². The van der Waals surface area contributed by atoms with Gasteiger partial charge in [-0.15, -0.1) is 10.2 Å². The minimum Gasteiger partial charge on any atom is -0.342 e. The van der Waals surface area contributed by atoms with E-state index in [4.69, 9.17) is 46.4 Å². The average Bonchev–Trinajstić information content (AvgIpc) is 3.04. The van der Waals surface area contributed by atoms with E-state index in [9.17, 15) is 4.79 Å². The molecule has 0 spiro atoms. The minimum atomic E-state index is -0.358. The minimum absolute atomic E-state index is 0.277. The third-order valence-corrected chi connectivity index (χ3v) is 6.55. The summed E-state index contributed by atoms with van der Waals surface area (Å²) in [7, 11) is 1.85. The third-order valence-electron chi connectivity index (χ3n) is 4.16. The monoisotopic (exact) mass is 488 g/mol. The molecule has 152 valence electrons. The Balaban J connectivity index is 1.67. The molecule has 0 aliphatic carbocycles. The fraction of sp³-hybridized carbons (Fsp3) is 0.211. The van der Waals surface area contributed by atoms with Crippen molar-refractivity contribution < 1.29 is 4.79 Å². The van der Waals surface area contributed by atoms with Gasteiger partial charge in [-0.05, 0) is 42.8 Å². The molecule has 0 bridgehead atoms. The van der Waals surface area contributed by atoms with Crippen molar-refractivity contribution in [1.29, 1.82) is 0 Å². The van der Waals surface area contributed by atoms with E-state index in [0.29, 0.717) is 42.4 Å². The summed E-state index contributed by atoms with van der Waals surface area (Å²) in [6.45, 7) is 1.84. The van der Waals surface area contributed by atoms with Crippen LogP contribution in [-0.2, 0) is 12.8 Å². The standard InChI is InChI=1S/C19H16Cl4N4OS/c1-10(24-18(28)11-4-6-14(21)16(23)7-11)17-25-26-19(27(17)2)29-9-12-3-5-13(20)8-15(12)22/h3-8,10H,9H2,1-2H3,(H,24,28)/t10-/m1/s1. The molecule has 10 heteroatoms. The van der Waals surface area contributed by atoms with Gasteiger partial charge in [0, 0.05) is 28.4 Å². The fourth-order valence-corrected chi connectivity index (χ4v) is 4.37. The van der Waals surface area contributed by atoms with Crippen molar-refractivity contribution in [3.63, 3.8) is 0 Å². The van der Waals surface area contributed by atoms with Crippen LogP contribution in [-0.4, -0.2) is 20.7 Å². The lowest BCUT2D eigenvalue weighted by atomic mass is 10.2. The number of hydrogen-bond acceptors (Lipinski definition) is 4. The van der Waals surface area contributed by atoms with Gasteiger partial charge in [0.15, 0.2) is 11.0 Å². The smallest absolute Gasteiger partial charge is 0.251 e. The average molecular weight is 490 g/mol. The Bertz CT molecular complexity index is 1060. The van der Waals surface area contributed by atoms with E-state index in [1.807, 2.05) is 24.6 Å². The predicted octanol–water partition coefficient (Wildman–Crippen LogP) is 6.21. The number of nitrogens with zero attached hydrogens (tertiary/aromatic N) is 3. The van der Waals surface area contributed by atoms with Crippen LogP contribution in [0.5, 0.6) is 0 Å². The number of thioether (sulfide) groups is 1. The first-order valence-corrected chi connectivity index (χ1v) is 11.0. The number of amides is 1. The Morgan fingerprint density at radius 2 is 1.83 bits per heavy atom. The Labute approximate surface area is 192 Å². The van der Waals surface area contributed by atoms with E-state index in [1.54, 1.807) is 24.3 Å². The zero-order valence-corrected chi connectivity index (χ0v) is 19.3. The van der Waals surface area contributed by atoms with Crippen LogP contribution in [0.1, 0.15) is 34.7 Å².